The lowest BCUT2D eigenvalue weighted by atomic mass is 9.98. The molecule has 1 N–H and O–H groups in total. The van der Waals surface area contributed by atoms with E-state index < -0.39 is 0 Å². The van der Waals surface area contributed by atoms with Crippen LogP contribution in [0.25, 0.3) is 10.1 Å². The SMILES string of the molecule is CCCNC(c1ccccc1I)c1csc2ccccc12. The summed E-state index contributed by atoms with van der Waals surface area (Å²) in [5.41, 5.74) is 2.77. The van der Waals surface area contributed by atoms with Crippen molar-refractivity contribution in [2.24, 2.45) is 0 Å². The predicted molar refractivity (Wildman–Crippen MR) is 101 cm³/mol. The molecule has 0 aliphatic carbocycles. The summed E-state index contributed by atoms with van der Waals surface area (Å²) in [6.45, 7) is 3.24. The van der Waals surface area contributed by atoms with E-state index >= 15 is 0 Å². The van der Waals surface area contributed by atoms with Gasteiger partial charge in [-0.1, -0.05) is 43.3 Å². The number of hydrogen-bond donors (Lipinski definition) is 1. The third-order valence-electron chi connectivity index (χ3n) is 3.64. The van der Waals surface area contributed by atoms with Gasteiger partial charge in [0.2, 0.25) is 0 Å². The number of benzene rings is 2. The van der Waals surface area contributed by atoms with Crippen LogP contribution in [-0.4, -0.2) is 6.54 Å². The van der Waals surface area contributed by atoms with E-state index in [1.165, 1.54) is 24.8 Å². The number of nitrogens with one attached hydrogen (secondary N) is 1. The van der Waals surface area contributed by atoms with E-state index in [1.807, 2.05) is 11.3 Å². The quantitative estimate of drug-likeness (QED) is 0.544. The monoisotopic (exact) mass is 407 g/mol. The molecule has 1 heterocycles. The van der Waals surface area contributed by atoms with Crippen LogP contribution in [-0.2, 0) is 0 Å². The summed E-state index contributed by atoms with van der Waals surface area (Å²) in [7, 11) is 0. The number of rotatable bonds is 5. The Hall–Kier alpha value is -0.910. The van der Waals surface area contributed by atoms with Gasteiger partial charge in [-0.2, -0.15) is 0 Å². The molecule has 108 valence electrons. The minimum Gasteiger partial charge on any atom is -0.306 e. The van der Waals surface area contributed by atoms with Crippen LogP contribution in [0, 0.1) is 3.57 Å². The lowest BCUT2D eigenvalue weighted by molar-refractivity contribution is 0.601. The van der Waals surface area contributed by atoms with Gasteiger partial charge >= 0.3 is 0 Å². The van der Waals surface area contributed by atoms with Gasteiger partial charge in [-0.3, -0.25) is 0 Å². The number of fused-ring (bicyclic) bond motifs is 1. The summed E-state index contributed by atoms with van der Waals surface area (Å²) in [5, 5.41) is 7.40. The maximum Gasteiger partial charge on any atom is 0.0601 e. The highest BCUT2D eigenvalue weighted by atomic mass is 127. The average Bonchev–Trinajstić information content (AvgIpc) is 2.93. The second-order valence-electron chi connectivity index (χ2n) is 5.10. The van der Waals surface area contributed by atoms with Gasteiger partial charge in [0.25, 0.3) is 0 Å². The lowest BCUT2D eigenvalue weighted by Crippen LogP contribution is -2.23. The maximum absolute atomic E-state index is 3.72. The normalized spacial score (nSPS) is 12.7. The molecule has 1 aromatic heterocycles. The number of halogens is 1. The van der Waals surface area contributed by atoms with Crippen molar-refractivity contribution in [3.63, 3.8) is 0 Å². The Kier molecular flexibility index (Phi) is 4.93. The van der Waals surface area contributed by atoms with Gasteiger partial charge in [0.15, 0.2) is 0 Å². The molecule has 0 radical (unpaired) electrons. The van der Waals surface area contributed by atoms with E-state index in [2.05, 4.69) is 88.7 Å². The van der Waals surface area contributed by atoms with Crippen LogP contribution >= 0.6 is 33.9 Å². The summed E-state index contributed by atoms with van der Waals surface area (Å²) in [4.78, 5) is 0. The molecule has 1 atom stereocenters. The summed E-state index contributed by atoms with van der Waals surface area (Å²) < 4.78 is 2.68. The van der Waals surface area contributed by atoms with Crippen LogP contribution in [0.15, 0.2) is 53.9 Å². The van der Waals surface area contributed by atoms with Gasteiger partial charge in [0, 0.05) is 8.27 Å². The molecule has 0 aliphatic rings. The largest absolute Gasteiger partial charge is 0.306 e. The van der Waals surface area contributed by atoms with Gasteiger partial charge in [0.05, 0.1) is 6.04 Å². The average molecular weight is 407 g/mol. The molecule has 0 saturated carbocycles. The fourth-order valence-electron chi connectivity index (χ4n) is 2.61. The molecule has 0 amide bonds. The molecule has 0 bridgehead atoms. The second-order valence-corrected chi connectivity index (χ2v) is 7.17. The van der Waals surface area contributed by atoms with Crippen molar-refractivity contribution in [3.05, 3.63) is 68.6 Å². The summed E-state index contributed by atoms with van der Waals surface area (Å²) in [6.07, 6.45) is 1.14. The summed E-state index contributed by atoms with van der Waals surface area (Å²) >= 11 is 4.27. The van der Waals surface area contributed by atoms with Crippen LogP contribution in [0.2, 0.25) is 0 Å². The van der Waals surface area contributed by atoms with Crippen molar-refractivity contribution < 1.29 is 0 Å². The third kappa shape index (κ3) is 3.15. The summed E-state index contributed by atoms with van der Waals surface area (Å²) in [6, 6.07) is 17.6. The highest BCUT2D eigenvalue weighted by Gasteiger charge is 2.19. The molecule has 0 aliphatic heterocycles. The minimum atomic E-state index is 0.272. The van der Waals surface area contributed by atoms with Crippen molar-refractivity contribution in [2.75, 3.05) is 6.54 Å². The predicted octanol–water partition coefficient (Wildman–Crippen LogP) is 5.59. The van der Waals surface area contributed by atoms with Crippen LogP contribution in [0.5, 0.6) is 0 Å². The van der Waals surface area contributed by atoms with E-state index in [1.54, 1.807) is 0 Å². The van der Waals surface area contributed by atoms with Crippen molar-refractivity contribution >= 4 is 44.0 Å². The molecule has 21 heavy (non-hydrogen) atoms. The molecule has 1 nitrogen and oxygen atoms in total. The first-order valence-electron chi connectivity index (χ1n) is 7.25. The Morgan fingerprint density at radius 3 is 2.62 bits per heavy atom. The zero-order valence-electron chi connectivity index (χ0n) is 12.0. The van der Waals surface area contributed by atoms with Crippen molar-refractivity contribution in [1.82, 2.24) is 5.32 Å². The standard InChI is InChI=1S/C18H18INS/c1-2-11-20-18(14-8-3-5-9-16(14)19)15-12-21-17-10-6-4-7-13(15)17/h3-10,12,18,20H,2,11H2,1H3. The first kappa shape index (κ1) is 15.0. The van der Waals surface area contributed by atoms with E-state index in [9.17, 15) is 0 Å². The maximum atomic E-state index is 3.72. The second kappa shape index (κ2) is 6.90. The van der Waals surface area contributed by atoms with Crippen LogP contribution < -0.4 is 5.32 Å². The Balaban J connectivity index is 2.09. The molecule has 1 unspecified atom stereocenters. The Morgan fingerprint density at radius 1 is 1.05 bits per heavy atom. The fourth-order valence-corrected chi connectivity index (χ4v) is 4.29. The van der Waals surface area contributed by atoms with Gasteiger partial charge in [-0.15, -0.1) is 11.3 Å². The Bertz CT molecular complexity index is 735. The van der Waals surface area contributed by atoms with Crippen molar-refractivity contribution in [3.8, 4) is 0 Å². The highest BCUT2D eigenvalue weighted by Crippen LogP contribution is 2.35. The molecule has 0 fully saturated rings. The number of hydrogen-bond acceptors (Lipinski definition) is 2. The fraction of sp³-hybridized carbons (Fsp3) is 0.222. The molecular formula is C18H18INS. The molecular weight excluding hydrogens is 389 g/mol. The van der Waals surface area contributed by atoms with Crippen LogP contribution in [0.3, 0.4) is 0 Å². The highest BCUT2D eigenvalue weighted by molar-refractivity contribution is 14.1. The number of thiophene rings is 1. The van der Waals surface area contributed by atoms with Gasteiger partial charge in [-0.25, -0.2) is 0 Å². The first-order chi connectivity index (χ1) is 10.3. The summed E-state index contributed by atoms with van der Waals surface area (Å²) in [5.74, 6) is 0. The molecule has 2 aromatic carbocycles. The zero-order valence-corrected chi connectivity index (χ0v) is 14.9. The first-order valence-corrected chi connectivity index (χ1v) is 9.21. The lowest BCUT2D eigenvalue weighted by Gasteiger charge is -2.20. The Labute approximate surface area is 143 Å². The van der Waals surface area contributed by atoms with Crippen LogP contribution in [0.4, 0.5) is 0 Å². The van der Waals surface area contributed by atoms with E-state index in [4.69, 9.17) is 0 Å². The molecule has 3 aromatic rings. The van der Waals surface area contributed by atoms with Gasteiger partial charge in [0.1, 0.15) is 0 Å². The van der Waals surface area contributed by atoms with Gasteiger partial charge in [-0.05, 0) is 69.6 Å². The van der Waals surface area contributed by atoms with E-state index in [0.29, 0.717) is 0 Å². The Morgan fingerprint density at radius 2 is 1.81 bits per heavy atom. The van der Waals surface area contributed by atoms with Crippen molar-refractivity contribution in [1.29, 1.82) is 0 Å². The van der Waals surface area contributed by atoms with Gasteiger partial charge < -0.3 is 5.32 Å². The van der Waals surface area contributed by atoms with Crippen LogP contribution in [0.1, 0.15) is 30.5 Å². The van der Waals surface area contributed by atoms with E-state index in [-0.39, 0.29) is 6.04 Å². The molecule has 3 rings (SSSR count). The van der Waals surface area contributed by atoms with E-state index in [0.717, 1.165) is 13.0 Å². The third-order valence-corrected chi connectivity index (χ3v) is 5.60. The molecule has 0 spiro atoms. The zero-order chi connectivity index (χ0) is 14.7. The van der Waals surface area contributed by atoms with Crippen molar-refractivity contribution in [2.45, 2.75) is 19.4 Å². The minimum absolute atomic E-state index is 0.272. The smallest absolute Gasteiger partial charge is 0.0601 e. The molecule has 0 saturated heterocycles. The topological polar surface area (TPSA) is 12.0 Å². The molecule has 3 heteroatoms.